The highest BCUT2D eigenvalue weighted by Gasteiger charge is 2.47. The molecule has 1 amide bonds. The van der Waals surface area contributed by atoms with Gasteiger partial charge in [0.25, 0.3) is 11.7 Å². The fourth-order valence-electron chi connectivity index (χ4n) is 4.95. The molecule has 0 aliphatic carbocycles. The van der Waals surface area contributed by atoms with E-state index in [1.807, 2.05) is 6.92 Å². The first-order valence-electron chi connectivity index (χ1n) is 12.3. The van der Waals surface area contributed by atoms with Gasteiger partial charge >= 0.3 is 0 Å². The number of morpholine rings is 1. The number of ether oxygens (including phenoxy) is 4. The summed E-state index contributed by atoms with van der Waals surface area (Å²) < 4.78 is 21.7. The van der Waals surface area contributed by atoms with Crippen LogP contribution in [0, 0.1) is 6.92 Å². The summed E-state index contributed by atoms with van der Waals surface area (Å²) in [5, 5.41) is 11.4. The lowest BCUT2D eigenvalue weighted by molar-refractivity contribution is -0.140. The second kappa shape index (κ2) is 11.7. The maximum absolute atomic E-state index is 13.4. The summed E-state index contributed by atoms with van der Waals surface area (Å²) in [6.45, 7) is 6.03. The number of likely N-dealkylation sites (tertiary alicyclic amines) is 1. The minimum absolute atomic E-state index is 0.0319. The normalized spacial score (nSPS) is 19.8. The molecule has 2 aromatic rings. The van der Waals surface area contributed by atoms with E-state index in [0.29, 0.717) is 54.6 Å². The maximum atomic E-state index is 13.4. The van der Waals surface area contributed by atoms with E-state index < -0.39 is 17.7 Å². The van der Waals surface area contributed by atoms with E-state index in [9.17, 15) is 14.7 Å². The second-order valence-electron chi connectivity index (χ2n) is 9.09. The first-order valence-corrected chi connectivity index (χ1v) is 12.3. The molecule has 4 rings (SSSR count). The molecule has 2 heterocycles. The van der Waals surface area contributed by atoms with Crippen molar-refractivity contribution in [1.82, 2.24) is 9.80 Å². The van der Waals surface area contributed by atoms with Gasteiger partial charge in [-0.15, -0.1) is 0 Å². The third-order valence-electron chi connectivity index (χ3n) is 6.92. The minimum atomic E-state index is -0.812. The molecule has 0 saturated carbocycles. The van der Waals surface area contributed by atoms with Crippen LogP contribution in [0.4, 0.5) is 0 Å². The van der Waals surface area contributed by atoms with Crippen molar-refractivity contribution < 1.29 is 33.6 Å². The van der Waals surface area contributed by atoms with Gasteiger partial charge in [-0.3, -0.25) is 14.5 Å². The number of Topliss-reactive ketones (excluding diaryl/α,β-unsaturated/α-hetero) is 1. The van der Waals surface area contributed by atoms with Crippen LogP contribution in [0.15, 0.2) is 42.0 Å². The van der Waals surface area contributed by atoms with E-state index in [1.54, 1.807) is 50.6 Å². The number of hydrogen-bond donors (Lipinski definition) is 1. The van der Waals surface area contributed by atoms with Crippen molar-refractivity contribution in [3.05, 3.63) is 58.7 Å². The van der Waals surface area contributed by atoms with Crippen LogP contribution in [-0.2, 0) is 14.3 Å². The number of benzene rings is 2. The summed E-state index contributed by atoms with van der Waals surface area (Å²) in [7, 11) is 4.65. The third-order valence-corrected chi connectivity index (χ3v) is 6.92. The number of methoxy groups -OCH3 is 3. The van der Waals surface area contributed by atoms with Crippen LogP contribution in [0.3, 0.4) is 0 Å². The van der Waals surface area contributed by atoms with Crippen molar-refractivity contribution in [2.75, 3.05) is 60.7 Å². The number of ketones is 1. The lowest BCUT2D eigenvalue weighted by Crippen LogP contribution is -2.39. The number of carbonyl (C=O) groups excluding carboxylic acids is 2. The van der Waals surface area contributed by atoms with Gasteiger partial charge in [0.2, 0.25) is 0 Å². The van der Waals surface area contributed by atoms with Crippen LogP contribution < -0.4 is 14.2 Å². The Balaban J connectivity index is 1.75. The summed E-state index contributed by atoms with van der Waals surface area (Å²) in [5.74, 6) is 0.102. The molecule has 2 fully saturated rings. The Hall–Kier alpha value is -3.56. The zero-order valence-corrected chi connectivity index (χ0v) is 21.8. The van der Waals surface area contributed by atoms with E-state index in [0.717, 1.165) is 25.2 Å². The maximum Gasteiger partial charge on any atom is 0.295 e. The van der Waals surface area contributed by atoms with Crippen molar-refractivity contribution in [3.8, 4) is 17.2 Å². The molecule has 2 aliphatic heterocycles. The first kappa shape index (κ1) is 26.5. The van der Waals surface area contributed by atoms with Crippen molar-refractivity contribution in [2.45, 2.75) is 19.4 Å². The molecule has 2 aromatic carbocycles. The molecule has 1 N–H and O–H groups in total. The number of aliphatic hydroxyl groups excluding tert-OH is 1. The summed E-state index contributed by atoms with van der Waals surface area (Å²) in [4.78, 5) is 30.5. The predicted octanol–water partition coefficient (Wildman–Crippen LogP) is 3.16. The highest BCUT2D eigenvalue weighted by molar-refractivity contribution is 6.46. The van der Waals surface area contributed by atoms with Crippen molar-refractivity contribution in [3.63, 3.8) is 0 Å². The van der Waals surface area contributed by atoms with E-state index in [1.165, 1.54) is 12.0 Å². The fourth-order valence-corrected chi connectivity index (χ4v) is 4.95. The summed E-state index contributed by atoms with van der Waals surface area (Å²) >= 11 is 0. The molecule has 9 nitrogen and oxygen atoms in total. The van der Waals surface area contributed by atoms with E-state index in [2.05, 4.69) is 4.90 Å². The van der Waals surface area contributed by atoms with Gasteiger partial charge in [-0.2, -0.15) is 0 Å². The van der Waals surface area contributed by atoms with Crippen LogP contribution >= 0.6 is 0 Å². The SMILES string of the molecule is COc1ccc(C2C(=C(O)c3ccc(OC)c(C)c3)C(=O)C(=O)N2CCCN2CCOCC2)c(OC)c1. The number of aliphatic hydroxyl groups is 1. The lowest BCUT2D eigenvalue weighted by atomic mass is 9.94. The zero-order chi connectivity index (χ0) is 26.5. The number of rotatable bonds is 9. The van der Waals surface area contributed by atoms with Crippen molar-refractivity contribution >= 4 is 17.4 Å². The molecule has 0 aromatic heterocycles. The average molecular weight is 511 g/mol. The Morgan fingerprint density at radius 2 is 1.70 bits per heavy atom. The first-order chi connectivity index (χ1) is 17.9. The van der Waals surface area contributed by atoms with Crippen molar-refractivity contribution in [2.24, 2.45) is 0 Å². The summed E-state index contributed by atoms with van der Waals surface area (Å²) in [6, 6.07) is 9.57. The van der Waals surface area contributed by atoms with Crippen molar-refractivity contribution in [1.29, 1.82) is 0 Å². The minimum Gasteiger partial charge on any atom is -0.507 e. The van der Waals surface area contributed by atoms with E-state index in [-0.39, 0.29) is 11.3 Å². The Labute approximate surface area is 217 Å². The molecule has 1 atom stereocenters. The number of hydrogen-bond acceptors (Lipinski definition) is 8. The number of amides is 1. The quantitative estimate of drug-likeness (QED) is 0.312. The standard InChI is InChI=1S/C28H34N2O7/c1-18-16-19(6-9-22(18)35-3)26(31)24-25(21-8-7-20(34-2)17-23(21)36-4)30(28(33)27(24)32)11-5-10-29-12-14-37-15-13-29/h6-9,16-17,25,31H,5,10-15H2,1-4H3. The van der Waals surface area contributed by atoms with Crippen LogP contribution in [0.1, 0.15) is 29.2 Å². The summed E-state index contributed by atoms with van der Waals surface area (Å²) in [6.07, 6.45) is 0.670. The van der Waals surface area contributed by atoms with Crippen LogP contribution in [-0.4, -0.2) is 87.3 Å². The molecule has 9 heteroatoms. The lowest BCUT2D eigenvalue weighted by Gasteiger charge is -2.29. The Bertz CT molecular complexity index is 1190. The third kappa shape index (κ3) is 5.42. The monoisotopic (exact) mass is 510 g/mol. The van der Waals surface area contributed by atoms with Gasteiger partial charge in [-0.25, -0.2) is 0 Å². The molecule has 0 radical (unpaired) electrons. The Morgan fingerprint density at radius 1 is 0.973 bits per heavy atom. The molecule has 0 spiro atoms. The highest BCUT2D eigenvalue weighted by Crippen LogP contribution is 2.44. The largest absolute Gasteiger partial charge is 0.507 e. The van der Waals surface area contributed by atoms with Gasteiger partial charge in [-0.05, 0) is 49.2 Å². The fraction of sp³-hybridized carbons (Fsp3) is 0.429. The molecule has 37 heavy (non-hydrogen) atoms. The second-order valence-corrected chi connectivity index (χ2v) is 9.09. The molecular weight excluding hydrogens is 476 g/mol. The topological polar surface area (TPSA) is 97.8 Å². The number of nitrogens with zero attached hydrogens (tertiary/aromatic N) is 2. The van der Waals surface area contributed by atoms with Gasteiger partial charge in [0.15, 0.2) is 0 Å². The number of carbonyl (C=O) groups is 2. The zero-order valence-electron chi connectivity index (χ0n) is 21.8. The smallest absolute Gasteiger partial charge is 0.295 e. The van der Waals surface area contributed by atoms with Gasteiger partial charge in [-0.1, -0.05) is 0 Å². The molecular formula is C28H34N2O7. The molecule has 198 valence electrons. The Kier molecular flexibility index (Phi) is 8.35. The molecule has 0 bridgehead atoms. The molecule has 1 unspecified atom stereocenters. The van der Waals surface area contributed by atoms with Crippen LogP contribution in [0.2, 0.25) is 0 Å². The highest BCUT2D eigenvalue weighted by atomic mass is 16.5. The summed E-state index contributed by atoms with van der Waals surface area (Å²) in [5.41, 5.74) is 1.86. The van der Waals surface area contributed by atoms with Gasteiger partial charge < -0.3 is 29.0 Å². The van der Waals surface area contributed by atoms with Crippen LogP contribution in [0.25, 0.3) is 5.76 Å². The van der Waals surface area contributed by atoms with Gasteiger partial charge in [0.1, 0.15) is 23.0 Å². The molecule has 2 saturated heterocycles. The predicted molar refractivity (Wildman–Crippen MR) is 138 cm³/mol. The van der Waals surface area contributed by atoms with Gasteiger partial charge in [0.05, 0.1) is 46.2 Å². The van der Waals surface area contributed by atoms with Gasteiger partial charge in [0, 0.05) is 43.4 Å². The van der Waals surface area contributed by atoms with E-state index >= 15 is 0 Å². The number of aryl methyl sites for hydroxylation is 1. The Morgan fingerprint density at radius 3 is 2.35 bits per heavy atom. The van der Waals surface area contributed by atoms with Crippen LogP contribution in [0.5, 0.6) is 17.2 Å². The average Bonchev–Trinajstić information content (AvgIpc) is 3.17. The van der Waals surface area contributed by atoms with E-state index in [4.69, 9.17) is 18.9 Å². The molecule has 2 aliphatic rings.